The highest BCUT2D eigenvalue weighted by Crippen LogP contribution is 2.25. The first-order valence-electron chi connectivity index (χ1n) is 7.85. The summed E-state index contributed by atoms with van der Waals surface area (Å²) >= 11 is 0. The number of hydrogen-bond donors (Lipinski definition) is 1. The number of amides is 1. The second-order valence-electron chi connectivity index (χ2n) is 6.05. The van der Waals surface area contributed by atoms with Crippen molar-refractivity contribution >= 4 is 5.91 Å². The highest BCUT2D eigenvalue weighted by Gasteiger charge is 2.22. The average molecular weight is 298 g/mol. The molecule has 2 N–H and O–H groups in total. The van der Waals surface area contributed by atoms with E-state index in [9.17, 15) is 4.79 Å². The number of likely N-dealkylation sites (tertiary alicyclic amines) is 1. The van der Waals surface area contributed by atoms with Gasteiger partial charge in [-0.3, -0.25) is 9.69 Å². The van der Waals surface area contributed by atoms with Crippen LogP contribution in [0.3, 0.4) is 0 Å². The Labute approximate surface area is 130 Å². The Morgan fingerprint density at radius 2 is 2.05 bits per heavy atom. The number of carbonyl (C=O) groups is 1. The molecule has 116 valence electrons. The van der Waals surface area contributed by atoms with E-state index in [0.29, 0.717) is 12.3 Å². The van der Waals surface area contributed by atoms with Gasteiger partial charge in [0.1, 0.15) is 11.5 Å². The van der Waals surface area contributed by atoms with Crippen LogP contribution in [-0.2, 0) is 11.3 Å². The van der Waals surface area contributed by atoms with Crippen LogP contribution in [0.4, 0.5) is 0 Å². The van der Waals surface area contributed by atoms with E-state index in [4.69, 9.17) is 10.2 Å². The van der Waals surface area contributed by atoms with Gasteiger partial charge in [-0.2, -0.15) is 0 Å². The predicted molar refractivity (Wildman–Crippen MR) is 86.0 cm³/mol. The van der Waals surface area contributed by atoms with Crippen LogP contribution < -0.4 is 5.73 Å². The van der Waals surface area contributed by atoms with Crippen molar-refractivity contribution in [1.82, 2.24) is 4.90 Å². The summed E-state index contributed by atoms with van der Waals surface area (Å²) in [6, 6.07) is 14.2. The number of nitrogens with two attached hydrogens (primary N) is 1. The minimum Gasteiger partial charge on any atom is -0.460 e. The number of carbonyl (C=O) groups excluding carboxylic acids is 1. The molecular formula is C18H22N2O2. The van der Waals surface area contributed by atoms with E-state index < -0.39 is 0 Å². The zero-order valence-corrected chi connectivity index (χ0v) is 12.7. The largest absolute Gasteiger partial charge is 0.460 e. The summed E-state index contributed by atoms with van der Waals surface area (Å²) < 4.78 is 5.96. The molecule has 4 nitrogen and oxygen atoms in total. The molecule has 1 saturated heterocycles. The van der Waals surface area contributed by atoms with Crippen molar-refractivity contribution in [1.29, 1.82) is 0 Å². The van der Waals surface area contributed by atoms with Crippen LogP contribution in [-0.4, -0.2) is 23.9 Å². The molecule has 1 unspecified atom stereocenters. The summed E-state index contributed by atoms with van der Waals surface area (Å²) in [5, 5.41) is 0. The first-order chi connectivity index (χ1) is 10.7. The van der Waals surface area contributed by atoms with E-state index in [1.807, 2.05) is 42.5 Å². The van der Waals surface area contributed by atoms with E-state index in [2.05, 4.69) is 4.90 Å². The lowest BCUT2D eigenvalue weighted by Crippen LogP contribution is -2.36. The summed E-state index contributed by atoms with van der Waals surface area (Å²) in [5.41, 5.74) is 6.41. The lowest BCUT2D eigenvalue weighted by atomic mass is 9.94. The summed E-state index contributed by atoms with van der Waals surface area (Å²) in [5.74, 6) is 2.06. The maximum atomic E-state index is 11.1. The van der Waals surface area contributed by atoms with Gasteiger partial charge in [0.25, 0.3) is 0 Å². The normalized spacial score (nSPS) is 19.2. The number of nitrogens with zero attached hydrogens (tertiary/aromatic N) is 1. The fourth-order valence-electron chi connectivity index (χ4n) is 3.19. The Hall–Kier alpha value is -2.07. The third-order valence-corrected chi connectivity index (χ3v) is 4.19. The van der Waals surface area contributed by atoms with Crippen molar-refractivity contribution in [3.05, 3.63) is 48.2 Å². The number of rotatable bonds is 5. The quantitative estimate of drug-likeness (QED) is 0.923. The third-order valence-electron chi connectivity index (χ3n) is 4.19. The molecule has 2 aromatic rings. The lowest BCUT2D eigenvalue weighted by Gasteiger charge is -2.31. The van der Waals surface area contributed by atoms with Gasteiger partial charge in [0.15, 0.2) is 0 Å². The van der Waals surface area contributed by atoms with Gasteiger partial charge < -0.3 is 10.2 Å². The molecule has 2 heterocycles. The van der Waals surface area contributed by atoms with Crippen molar-refractivity contribution in [2.75, 3.05) is 13.1 Å². The fourth-order valence-corrected chi connectivity index (χ4v) is 3.19. The molecule has 1 amide bonds. The molecule has 1 atom stereocenters. The first kappa shape index (κ1) is 14.9. The van der Waals surface area contributed by atoms with Gasteiger partial charge >= 0.3 is 0 Å². The Balaban J connectivity index is 1.61. The zero-order valence-electron chi connectivity index (χ0n) is 12.7. The van der Waals surface area contributed by atoms with Crippen LogP contribution in [0, 0.1) is 5.92 Å². The van der Waals surface area contributed by atoms with Gasteiger partial charge in [0.05, 0.1) is 6.54 Å². The molecule has 1 aliphatic heterocycles. The summed E-state index contributed by atoms with van der Waals surface area (Å²) in [6.45, 7) is 2.77. The van der Waals surface area contributed by atoms with Gasteiger partial charge in [-0.15, -0.1) is 0 Å². The van der Waals surface area contributed by atoms with Crippen molar-refractivity contribution in [2.45, 2.75) is 25.8 Å². The highest BCUT2D eigenvalue weighted by atomic mass is 16.3. The molecule has 1 aliphatic rings. The van der Waals surface area contributed by atoms with E-state index in [1.165, 1.54) is 0 Å². The average Bonchev–Trinajstić information content (AvgIpc) is 2.96. The SMILES string of the molecule is NC(=O)CC1CCCN(Cc2ccc(-c3ccccc3)o2)C1. The van der Waals surface area contributed by atoms with Gasteiger partial charge in [-0.1, -0.05) is 30.3 Å². The monoisotopic (exact) mass is 298 g/mol. The molecule has 0 radical (unpaired) electrons. The van der Waals surface area contributed by atoms with Crippen molar-refractivity contribution in [2.24, 2.45) is 11.7 Å². The zero-order chi connectivity index (χ0) is 15.4. The number of primary amides is 1. The highest BCUT2D eigenvalue weighted by molar-refractivity contribution is 5.74. The van der Waals surface area contributed by atoms with Crippen LogP contribution in [0.1, 0.15) is 25.0 Å². The third kappa shape index (κ3) is 3.77. The van der Waals surface area contributed by atoms with Crippen LogP contribution in [0.5, 0.6) is 0 Å². The molecule has 1 aromatic carbocycles. The molecule has 0 bridgehead atoms. The summed E-state index contributed by atoms with van der Waals surface area (Å²) in [7, 11) is 0. The van der Waals surface area contributed by atoms with Crippen LogP contribution in [0.2, 0.25) is 0 Å². The second kappa shape index (κ2) is 6.79. The maximum Gasteiger partial charge on any atom is 0.217 e. The standard InChI is InChI=1S/C18H22N2O2/c19-18(21)11-14-5-4-10-20(12-14)13-16-8-9-17(22-16)15-6-2-1-3-7-15/h1-3,6-9,14H,4-5,10-13H2,(H2,19,21). The molecule has 3 rings (SSSR count). The van der Waals surface area contributed by atoms with E-state index in [0.717, 1.165) is 49.6 Å². The number of furan rings is 1. The van der Waals surface area contributed by atoms with Crippen LogP contribution in [0.15, 0.2) is 46.9 Å². The van der Waals surface area contributed by atoms with Crippen molar-refractivity contribution < 1.29 is 9.21 Å². The molecule has 4 heteroatoms. The van der Waals surface area contributed by atoms with Crippen LogP contribution >= 0.6 is 0 Å². The Bertz CT molecular complexity index is 621. The fraction of sp³-hybridized carbons (Fsp3) is 0.389. The number of piperidine rings is 1. The number of benzene rings is 1. The predicted octanol–water partition coefficient (Wildman–Crippen LogP) is 3.03. The smallest absolute Gasteiger partial charge is 0.217 e. The molecule has 1 fully saturated rings. The number of hydrogen-bond acceptors (Lipinski definition) is 3. The van der Waals surface area contributed by atoms with E-state index in [-0.39, 0.29) is 5.91 Å². The second-order valence-corrected chi connectivity index (χ2v) is 6.05. The molecule has 1 aromatic heterocycles. The lowest BCUT2D eigenvalue weighted by molar-refractivity contribution is -0.119. The van der Waals surface area contributed by atoms with Gasteiger partial charge in [0, 0.05) is 18.5 Å². The molecule has 0 saturated carbocycles. The molecule has 0 spiro atoms. The molecule has 22 heavy (non-hydrogen) atoms. The topological polar surface area (TPSA) is 59.5 Å². The minimum atomic E-state index is -0.198. The minimum absolute atomic E-state index is 0.198. The Morgan fingerprint density at radius 1 is 1.23 bits per heavy atom. The van der Waals surface area contributed by atoms with Crippen molar-refractivity contribution in [3.8, 4) is 11.3 Å². The maximum absolute atomic E-state index is 11.1. The summed E-state index contributed by atoms with van der Waals surface area (Å²) in [6.07, 6.45) is 2.70. The van der Waals surface area contributed by atoms with Crippen LogP contribution in [0.25, 0.3) is 11.3 Å². The first-order valence-corrected chi connectivity index (χ1v) is 7.85. The Morgan fingerprint density at radius 3 is 2.82 bits per heavy atom. The van der Waals surface area contributed by atoms with E-state index >= 15 is 0 Å². The van der Waals surface area contributed by atoms with Crippen molar-refractivity contribution in [3.63, 3.8) is 0 Å². The summed E-state index contributed by atoms with van der Waals surface area (Å²) in [4.78, 5) is 13.4. The molecule has 0 aliphatic carbocycles. The van der Waals surface area contributed by atoms with Gasteiger partial charge in [-0.05, 0) is 37.4 Å². The molecular weight excluding hydrogens is 276 g/mol. The Kier molecular flexibility index (Phi) is 4.59. The van der Waals surface area contributed by atoms with E-state index in [1.54, 1.807) is 0 Å². The van der Waals surface area contributed by atoms with Gasteiger partial charge in [0.2, 0.25) is 5.91 Å². The van der Waals surface area contributed by atoms with Gasteiger partial charge in [-0.25, -0.2) is 0 Å².